The van der Waals surface area contributed by atoms with Crippen molar-refractivity contribution in [1.29, 1.82) is 0 Å². The summed E-state index contributed by atoms with van der Waals surface area (Å²) >= 11 is 3.26. The van der Waals surface area contributed by atoms with Crippen molar-refractivity contribution in [2.24, 2.45) is 5.92 Å². The Labute approximate surface area is 129 Å². The zero-order chi connectivity index (χ0) is 15.6. The van der Waals surface area contributed by atoms with E-state index in [1.165, 1.54) is 12.0 Å². The van der Waals surface area contributed by atoms with Crippen LogP contribution in [0.15, 0.2) is 22.7 Å². The molecule has 0 bridgehead atoms. The van der Waals surface area contributed by atoms with Crippen molar-refractivity contribution in [3.8, 4) is 5.75 Å². The molecule has 1 atom stereocenters. The Morgan fingerprint density at radius 3 is 2.76 bits per heavy atom. The highest BCUT2D eigenvalue weighted by Gasteiger charge is 2.43. The van der Waals surface area contributed by atoms with Gasteiger partial charge in [0.15, 0.2) is 0 Å². The molecular weight excluding hydrogens is 351 g/mol. The van der Waals surface area contributed by atoms with Crippen molar-refractivity contribution < 1.29 is 22.7 Å². The van der Waals surface area contributed by atoms with Crippen LogP contribution in [0.1, 0.15) is 23.2 Å². The molecule has 21 heavy (non-hydrogen) atoms. The lowest BCUT2D eigenvalue weighted by molar-refractivity contribution is -0.184. The van der Waals surface area contributed by atoms with Crippen LogP contribution in [-0.4, -0.2) is 37.2 Å². The van der Waals surface area contributed by atoms with Crippen molar-refractivity contribution in [3.63, 3.8) is 0 Å². The summed E-state index contributed by atoms with van der Waals surface area (Å²) in [6, 6.07) is 4.98. The van der Waals surface area contributed by atoms with Crippen LogP contribution in [0.4, 0.5) is 13.2 Å². The summed E-state index contributed by atoms with van der Waals surface area (Å²) in [5, 5.41) is 0. The molecule has 1 aliphatic heterocycles. The number of hydrogen-bond acceptors (Lipinski definition) is 2. The molecule has 0 radical (unpaired) electrons. The summed E-state index contributed by atoms with van der Waals surface area (Å²) in [7, 11) is 1.42. The van der Waals surface area contributed by atoms with E-state index in [0.29, 0.717) is 23.2 Å². The number of amides is 1. The van der Waals surface area contributed by atoms with Gasteiger partial charge in [-0.2, -0.15) is 13.2 Å². The Balaban J connectivity index is 2.24. The molecule has 7 heteroatoms. The van der Waals surface area contributed by atoms with Crippen LogP contribution in [0.3, 0.4) is 0 Å². The van der Waals surface area contributed by atoms with Gasteiger partial charge in [0.25, 0.3) is 5.91 Å². The number of methoxy groups -OCH3 is 1. The van der Waals surface area contributed by atoms with Gasteiger partial charge in [0.2, 0.25) is 0 Å². The van der Waals surface area contributed by atoms with E-state index in [1.54, 1.807) is 18.2 Å². The van der Waals surface area contributed by atoms with Crippen LogP contribution < -0.4 is 4.74 Å². The van der Waals surface area contributed by atoms with Gasteiger partial charge in [-0.1, -0.05) is 6.07 Å². The van der Waals surface area contributed by atoms with E-state index in [-0.39, 0.29) is 18.5 Å². The molecule has 1 aromatic carbocycles. The first-order valence-electron chi connectivity index (χ1n) is 6.53. The normalized spacial score (nSPS) is 19.5. The highest BCUT2D eigenvalue weighted by molar-refractivity contribution is 9.10. The Kier molecular flexibility index (Phi) is 4.81. The second-order valence-corrected chi connectivity index (χ2v) is 5.80. The van der Waals surface area contributed by atoms with Gasteiger partial charge >= 0.3 is 6.18 Å². The van der Waals surface area contributed by atoms with Crippen molar-refractivity contribution >= 4 is 21.8 Å². The topological polar surface area (TPSA) is 29.5 Å². The van der Waals surface area contributed by atoms with E-state index in [4.69, 9.17) is 4.74 Å². The van der Waals surface area contributed by atoms with Gasteiger partial charge in [-0.25, -0.2) is 0 Å². The van der Waals surface area contributed by atoms with E-state index >= 15 is 0 Å². The Hall–Kier alpha value is -1.24. The minimum Gasteiger partial charge on any atom is -0.496 e. The quantitative estimate of drug-likeness (QED) is 0.795. The van der Waals surface area contributed by atoms with E-state index in [2.05, 4.69) is 15.9 Å². The average molecular weight is 366 g/mol. The minimum atomic E-state index is -4.27. The molecular formula is C14H15BrF3NO2. The van der Waals surface area contributed by atoms with Gasteiger partial charge in [0.05, 0.1) is 18.6 Å². The molecule has 3 nitrogen and oxygen atoms in total. The second kappa shape index (κ2) is 6.25. The number of nitrogens with zero attached hydrogens (tertiary/aromatic N) is 1. The molecule has 1 amide bonds. The Bertz CT molecular complexity index is 533. The van der Waals surface area contributed by atoms with Crippen molar-refractivity contribution in [2.75, 3.05) is 20.2 Å². The van der Waals surface area contributed by atoms with Crippen LogP contribution in [-0.2, 0) is 0 Å². The zero-order valence-corrected chi connectivity index (χ0v) is 13.0. The summed E-state index contributed by atoms with van der Waals surface area (Å²) in [6.07, 6.45) is -3.85. The molecule has 1 aliphatic rings. The number of ether oxygens (including phenoxy) is 1. The molecule has 0 aliphatic carbocycles. The Morgan fingerprint density at radius 2 is 2.14 bits per heavy atom. The molecule has 0 N–H and O–H groups in total. The molecule has 1 saturated heterocycles. The molecule has 1 heterocycles. The van der Waals surface area contributed by atoms with E-state index < -0.39 is 18.0 Å². The number of alkyl halides is 3. The SMILES string of the molecule is COc1cccc(Br)c1C(=O)N1CCCC(C(F)(F)F)C1. The third-order valence-corrected chi connectivity index (χ3v) is 4.24. The van der Waals surface area contributed by atoms with Crippen LogP contribution >= 0.6 is 15.9 Å². The molecule has 0 spiro atoms. The van der Waals surface area contributed by atoms with Crippen LogP contribution in [0.5, 0.6) is 5.75 Å². The lowest BCUT2D eigenvalue weighted by atomic mass is 9.97. The molecule has 1 aromatic rings. The van der Waals surface area contributed by atoms with Crippen molar-refractivity contribution in [1.82, 2.24) is 4.90 Å². The maximum atomic E-state index is 12.8. The minimum absolute atomic E-state index is 0.0698. The summed E-state index contributed by atoms with van der Waals surface area (Å²) in [4.78, 5) is 13.8. The number of benzene rings is 1. The number of carbonyl (C=O) groups is 1. The standard InChI is InChI=1S/C14H15BrF3NO2/c1-21-11-6-2-5-10(15)12(11)13(20)19-7-3-4-9(8-19)14(16,17)18/h2,5-6,9H,3-4,7-8H2,1H3. The van der Waals surface area contributed by atoms with Gasteiger partial charge in [0.1, 0.15) is 5.75 Å². The van der Waals surface area contributed by atoms with Crippen LogP contribution in [0, 0.1) is 5.92 Å². The van der Waals surface area contributed by atoms with E-state index in [0.717, 1.165) is 0 Å². The summed E-state index contributed by atoms with van der Waals surface area (Å²) in [5.41, 5.74) is 0.267. The van der Waals surface area contributed by atoms with Crippen molar-refractivity contribution in [3.05, 3.63) is 28.2 Å². The first-order chi connectivity index (χ1) is 9.84. The predicted molar refractivity (Wildman–Crippen MR) is 75.4 cm³/mol. The van der Waals surface area contributed by atoms with Crippen LogP contribution in [0.25, 0.3) is 0 Å². The monoisotopic (exact) mass is 365 g/mol. The molecule has 1 fully saturated rings. The molecule has 116 valence electrons. The van der Waals surface area contributed by atoms with Gasteiger partial charge in [0, 0.05) is 17.6 Å². The summed E-state index contributed by atoms with van der Waals surface area (Å²) < 4.78 is 44.1. The van der Waals surface area contributed by atoms with Gasteiger partial charge in [-0.3, -0.25) is 4.79 Å². The van der Waals surface area contributed by atoms with E-state index in [9.17, 15) is 18.0 Å². The number of likely N-dealkylation sites (tertiary alicyclic amines) is 1. The third-order valence-electron chi connectivity index (χ3n) is 3.58. The summed E-state index contributed by atoms with van der Waals surface area (Å²) in [6.45, 7) is 0.0305. The maximum absolute atomic E-state index is 12.8. The number of carbonyl (C=O) groups excluding carboxylic acids is 1. The highest BCUT2D eigenvalue weighted by Crippen LogP contribution is 2.35. The fourth-order valence-corrected chi connectivity index (χ4v) is 2.99. The molecule has 1 unspecified atom stereocenters. The summed E-state index contributed by atoms with van der Waals surface area (Å²) in [5.74, 6) is -1.54. The van der Waals surface area contributed by atoms with Gasteiger partial charge in [-0.05, 0) is 40.9 Å². The number of rotatable bonds is 2. The number of halogens is 4. The predicted octanol–water partition coefficient (Wildman–Crippen LogP) is 3.87. The van der Waals surface area contributed by atoms with Crippen molar-refractivity contribution in [2.45, 2.75) is 19.0 Å². The fraction of sp³-hybridized carbons (Fsp3) is 0.500. The third kappa shape index (κ3) is 3.51. The van der Waals surface area contributed by atoms with Crippen LogP contribution in [0.2, 0.25) is 0 Å². The van der Waals surface area contributed by atoms with Gasteiger partial charge in [-0.15, -0.1) is 0 Å². The number of piperidine rings is 1. The van der Waals surface area contributed by atoms with Gasteiger partial charge < -0.3 is 9.64 Å². The Morgan fingerprint density at radius 1 is 1.43 bits per heavy atom. The zero-order valence-electron chi connectivity index (χ0n) is 11.4. The smallest absolute Gasteiger partial charge is 0.393 e. The average Bonchev–Trinajstić information content (AvgIpc) is 2.45. The molecule has 0 saturated carbocycles. The number of hydrogen-bond donors (Lipinski definition) is 0. The lowest BCUT2D eigenvalue weighted by Crippen LogP contribution is -2.44. The highest BCUT2D eigenvalue weighted by atomic mass is 79.9. The lowest BCUT2D eigenvalue weighted by Gasteiger charge is -2.34. The second-order valence-electron chi connectivity index (χ2n) is 4.95. The first-order valence-corrected chi connectivity index (χ1v) is 7.32. The maximum Gasteiger partial charge on any atom is 0.393 e. The molecule has 2 rings (SSSR count). The van der Waals surface area contributed by atoms with E-state index in [1.807, 2.05) is 0 Å². The largest absolute Gasteiger partial charge is 0.496 e. The fourth-order valence-electron chi connectivity index (χ4n) is 2.47. The molecule has 0 aromatic heterocycles. The first kappa shape index (κ1) is 16.1.